The molecule has 0 radical (unpaired) electrons. The molecule has 2 aliphatic rings. The second kappa shape index (κ2) is 56.7. The van der Waals surface area contributed by atoms with Gasteiger partial charge >= 0.3 is 12.1 Å². The third kappa shape index (κ3) is 41.0. The van der Waals surface area contributed by atoms with E-state index in [2.05, 4.69) is 0 Å². The number of rotatable bonds is 65. The van der Waals surface area contributed by atoms with Crippen molar-refractivity contribution in [3.8, 4) is 5.75 Å². The highest BCUT2D eigenvalue weighted by Crippen LogP contribution is 2.30. The number of thioether (sulfide) groups is 2. The van der Waals surface area contributed by atoms with Crippen molar-refractivity contribution in [1.29, 1.82) is 0 Å². The molecule has 2 fully saturated rings. The maximum atomic E-state index is 14.0. The summed E-state index contributed by atoms with van der Waals surface area (Å²) in [6.07, 6.45) is 10.7. The van der Waals surface area contributed by atoms with E-state index in [0.29, 0.717) is 186 Å². The lowest BCUT2D eigenvalue weighted by Gasteiger charge is -2.24. The van der Waals surface area contributed by atoms with Crippen LogP contribution >= 0.6 is 23.5 Å². The predicted molar refractivity (Wildman–Crippen MR) is 383 cm³/mol. The number of hydrogen-bond acceptors (Lipinski definition) is 24. The largest absolute Gasteiger partial charge is 0.458 e. The van der Waals surface area contributed by atoms with Gasteiger partial charge in [0.1, 0.15) is 35.6 Å². The third-order valence-electron chi connectivity index (χ3n) is 16.7. The second-order valence-electron chi connectivity index (χ2n) is 25.4. The number of methoxy groups -OCH3 is 4. The van der Waals surface area contributed by atoms with E-state index < -0.39 is 28.7 Å². The van der Waals surface area contributed by atoms with Gasteiger partial charge in [-0.3, -0.25) is 48.2 Å². The van der Waals surface area contributed by atoms with Gasteiger partial charge in [0.15, 0.2) is 0 Å². The van der Waals surface area contributed by atoms with E-state index in [4.69, 9.17) is 56.8 Å². The minimum Gasteiger partial charge on any atom is -0.458 e. The molecule has 5 atom stereocenters. The lowest BCUT2D eigenvalue weighted by molar-refractivity contribution is -0.147. The molecule has 0 N–H and O–H groups in total. The Morgan fingerprint density at radius 1 is 0.490 bits per heavy atom. The Balaban J connectivity index is 1.44. The number of ether oxygens (including phenoxy) is 12. The van der Waals surface area contributed by atoms with Crippen molar-refractivity contribution in [3.05, 3.63) is 29.8 Å². The first-order valence-electron chi connectivity index (χ1n) is 36.0. The van der Waals surface area contributed by atoms with E-state index >= 15 is 0 Å². The maximum absolute atomic E-state index is 14.0. The fourth-order valence-corrected chi connectivity index (χ4v) is 13.3. The van der Waals surface area contributed by atoms with Crippen LogP contribution in [0.3, 0.4) is 0 Å². The first-order valence-corrected chi connectivity index (χ1v) is 38.1. The van der Waals surface area contributed by atoms with Gasteiger partial charge in [0, 0.05) is 133 Å². The van der Waals surface area contributed by atoms with Crippen molar-refractivity contribution in [2.24, 2.45) is 0 Å². The molecular formula is C72H121N5O21S2. The summed E-state index contributed by atoms with van der Waals surface area (Å²) < 4.78 is 65.9. The van der Waals surface area contributed by atoms with Gasteiger partial charge in [-0.25, -0.2) is 4.79 Å². The molecular weight excluding hydrogens is 1330 g/mol. The number of Topliss-reactive ketones (excluding diaryl/α,β-unsaturated/α-hetero) is 2. The van der Waals surface area contributed by atoms with E-state index in [9.17, 15) is 43.2 Å². The fraction of sp³-hybridized carbons (Fsp3) is 0.792. The highest BCUT2D eigenvalue weighted by atomic mass is 32.2. The van der Waals surface area contributed by atoms with E-state index in [1.54, 1.807) is 59.8 Å². The van der Waals surface area contributed by atoms with Gasteiger partial charge < -0.3 is 71.5 Å². The third-order valence-corrected chi connectivity index (χ3v) is 19.2. The Bertz CT molecular complexity index is 2350. The molecule has 2 heterocycles. The molecule has 572 valence electrons. The number of nitrogens with zero attached hydrogens (tertiary/aromatic N) is 5. The van der Waals surface area contributed by atoms with Crippen molar-refractivity contribution in [3.63, 3.8) is 0 Å². The van der Waals surface area contributed by atoms with Crippen LogP contribution in [0.15, 0.2) is 24.3 Å². The number of carbonyl (C=O) groups is 9. The van der Waals surface area contributed by atoms with Gasteiger partial charge in [0.05, 0.1) is 89.8 Å². The van der Waals surface area contributed by atoms with E-state index in [-0.39, 0.29) is 98.5 Å². The van der Waals surface area contributed by atoms with Crippen molar-refractivity contribution in [2.45, 2.75) is 177 Å². The van der Waals surface area contributed by atoms with Gasteiger partial charge in [0.25, 0.3) is 0 Å². The van der Waals surface area contributed by atoms with Crippen molar-refractivity contribution in [1.82, 2.24) is 24.5 Å². The van der Waals surface area contributed by atoms with Crippen LogP contribution in [0.2, 0.25) is 0 Å². The van der Waals surface area contributed by atoms with Crippen molar-refractivity contribution < 1.29 is 100.0 Å². The second-order valence-corrected chi connectivity index (χ2v) is 28.0. The lowest BCUT2D eigenvalue weighted by Crippen LogP contribution is -2.33. The smallest absolute Gasteiger partial charge is 0.414 e. The fourth-order valence-electron chi connectivity index (χ4n) is 10.9. The van der Waals surface area contributed by atoms with E-state index in [0.717, 1.165) is 64.3 Å². The molecule has 0 aliphatic carbocycles. The maximum Gasteiger partial charge on any atom is 0.414 e. The number of ketones is 2. The zero-order valence-electron chi connectivity index (χ0n) is 61.4. The Morgan fingerprint density at radius 3 is 1.39 bits per heavy atom. The molecule has 6 amide bonds. The number of unbranched alkanes of at least 4 members (excludes halogenated alkanes) is 8. The Kier molecular flexibility index (Phi) is 50.8. The summed E-state index contributed by atoms with van der Waals surface area (Å²) in [6.45, 7) is 9.95. The van der Waals surface area contributed by atoms with Gasteiger partial charge in [-0.1, -0.05) is 37.8 Å². The summed E-state index contributed by atoms with van der Waals surface area (Å²) in [5.74, 6) is 0.290. The van der Waals surface area contributed by atoms with Crippen molar-refractivity contribution in [2.75, 3.05) is 193 Å². The number of hydrogen-bond donors (Lipinski definition) is 0. The molecule has 26 nitrogen and oxygen atoms in total. The average molecular weight is 1460 g/mol. The molecule has 100 heavy (non-hydrogen) atoms. The number of benzene rings is 1. The average Bonchev–Trinajstić information content (AvgIpc) is 1.67. The summed E-state index contributed by atoms with van der Waals surface area (Å²) in [4.78, 5) is 125. The molecule has 0 aromatic heterocycles. The SMILES string of the molecule is COCCOCC(COCCCCC(=O)CCN1C(=O)CC(SCCCCCCN(CCCCCCSC2CC(=O)N(CCC(=O)CCCCOCC(COCCOC)OCCOC)C2=O)C(=O)CCCC(OC(C)=O)c2ccc(OC(=O)N(C)CCCN(C)C)cc2)C1=O)OCCOC. The first kappa shape index (κ1) is 89.5. The molecule has 1 aromatic carbocycles. The quantitative estimate of drug-likeness (QED) is 0.0337. The Labute approximate surface area is 603 Å². The Morgan fingerprint density at radius 2 is 0.940 bits per heavy atom. The molecule has 3 rings (SSSR count). The number of amides is 6. The van der Waals surface area contributed by atoms with Crippen LogP contribution < -0.4 is 4.74 Å². The van der Waals surface area contributed by atoms with Crippen LogP contribution in [0.25, 0.3) is 0 Å². The highest BCUT2D eigenvalue weighted by molar-refractivity contribution is 8.00. The van der Waals surface area contributed by atoms with E-state index in [1.165, 1.54) is 45.1 Å². The summed E-state index contributed by atoms with van der Waals surface area (Å²) in [5.41, 5.74) is 0.714. The molecule has 28 heteroatoms. The summed E-state index contributed by atoms with van der Waals surface area (Å²) in [6, 6.07) is 6.87. The lowest BCUT2D eigenvalue weighted by atomic mass is 10.0. The molecule has 0 spiro atoms. The summed E-state index contributed by atoms with van der Waals surface area (Å²) >= 11 is 2.96. The van der Waals surface area contributed by atoms with Crippen LogP contribution in [0.1, 0.15) is 160 Å². The Hall–Kier alpha value is -4.69. The topological polar surface area (TPSA) is 281 Å². The summed E-state index contributed by atoms with van der Waals surface area (Å²) in [7, 11) is 12.1. The number of likely N-dealkylation sites (tertiary alicyclic amines) is 2. The zero-order chi connectivity index (χ0) is 73.0. The molecule has 2 saturated heterocycles. The van der Waals surface area contributed by atoms with Gasteiger partial charge in [-0.05, 0) is 120 Å². The van der Waals surface area contributed by atoms with Crippen LogP contribution in [0.5, 0.6) is 5.75 Å². The standard InChI is InChI=1S/C72H121N5O21S2/c1-57(78)97-64(58-27-29-61(30-28-58)98-72(86)74(4)34-22-33-73(2)3)25-21-26-67(81)75(35-15-9-11-19-49-99-65-51-68(82)76(70(65)84)37-31-59(79)23-13-17-39-91-53-62(95-47-43-89-7)55-93-45-41-87-5)36-16-10-12-20-50-100-66-52-69(83)77(71(66)85)38-32-60(80)24-14-18-40-92-54-63(96-48-44-90-8)56-94-46-42-88-6/h27-30,62-66H,9-26,31-56H2,1-8H3. The molecule has 5 unspecified atom stereocenters. The highest BCUT2D eigenvalue weighted by Gasteiger charge is 2.40. The van der Waals surface area contributed by atoms with Crippen molar-refractivity contribution >= 4 is 76.7 Å². The van der Waals surface area contributed by atoms with Crippen LogP contribution in [-0.2, 0) is 90.5 Å². The van der Waals surface area contributed by atoms with Crippen LogP contribution in [0.4, 0.5) is 4.79 Å². The molecule has 2 aliphatic heterocycles. The minimum atomic E-state index is -0.616. The van der Waals surface area contributed by atoms with E-state index in [1.807, 2.05) is 23.9 Å². The normalized spacial score (nSPS) is 15.7. The minimum absolute atomic E-state index is 0.00235. The zero-order valence-corrected chi connectivity index (χ0v) is 63.1. The first-order chi connectivity index (χ1) is 48.4. The molecule has 1 aromatic rings. The van der Waals surface area contributed by atoms with Gasteiger partial charge in [-0.15, -0.1) is 23.5 Å². The predicted octanol–water partition coefficient (Wildman–Crippen LogP) is 8.20. The van der Waals surface area contributed by atoms with Gasteiger partial charge in [-0.2, -0.15) is 0 Å². The van der Waals surface area contributed by atoms with Crippen LogP contribution in [-0.4, -0.2) is 293 Å². The van der Waals surface area contributed by atoms with Gasteiger partial charge in [0.2, 0.25) is 29.5 Å². The number of carbonyl (C=O) groups excluding carboxylic acids is 9. The monoisotopic (exact) mass is 1460 g/mol. The molecule has 0 saturated carbocycles. The summed E-state index contributed by atoms with van der Waals surface area (Å²) in [5, 5.41) is -0.949. The number of imide groups is 2. The van der Waals surface area contributed by atoms with Crippen LogP contribution in [0, 0.1) is 0 Å². The number of esters is 1. The molecule has 0 bridgehead atoms.